The van der Waals surface area contributed by atoms with E-state index >= 15 is 0 Å². The van der Waals surface area contributed by atoms with E-state index < -0.39 is 0 Å². The van der Waals surface area contributed by atoms with Crippen LogP contribution < -0.4 is 16.0 Å². The van der Waals surface area contributed by atoms with E-state index in [-0.39, 0.29) is 24.3 Å². The number of hydrogen-bond donors (Lipinski definition) is 3. The van der Waals surface area contributed by atoms with Crippen molar-refractivity contribution in [3.63, 3.8) is 0 Å². The standard InChI is InChI=1S/C35H44N4O3/c1-2-3-4-5-6-7-8-9-10-11-12-13-14-15-16-17-18-25-33(40)37-27-28-38-35(42)31-23-19-20-24-32(31)39-34(41)30-22-21-26-36-29-30/h3-4,6-7,9-10,12-13,15-16,19-24,26,29H,2,5,8,11,14,17-18,25,27-28H2,1H3,(H,37,40)(H,38,42)(H,39,41)/b4-3-,7-6-,10-9-,13-12-,16-15-. The lowest BCUT2D eigenvalue weighted by molar-refractivity contribution is -0.121. The largest absolute Gasteiger partial charge is 0.354 e. The second-order valence-corrected chi connectivity index (χ2v) is 9.45. The van der Waals surface area contributed by atoms with Gasteiger partial charge in [-0.15, -0.1) is 0 Å². The molecule has 0 fully saturated rings. The molecule has 0 aliphatic carbocycles. The number of pyridine rings is 1. The highest BCUT2D eigenvalue weighted by Gasteiger charge is 2.14. The molecule has 0 atom stereocenters. The molecule has 1 aromatic heterocycles. The van der Waals surface area contributed by atoms with Gasteiger partial charge in [0.1, 0.15) is 0 Å². The summed E-state index contributed by atoms with van der Waals surface area (Å²) in [5, 5.41) is 8.38. The van der Waals surface area contributed by atoms with Gasteiger partial charge < -0.3 is 16.0 Å². The zero-order valence-corrected chi connectivity index (χ0v) is 24.6. The van der Waals surface area contributed by atoms with Gasteiger partial charge in [0.25, 0.3) is 11.8 Å². The van der Waals surface area contributed by atoms with Crippen molar-refractivity contribution in [1.82, 2.24) is 15.6 Å². The SMILES string of the molecule is CC/C=C\C/C=C\C/C=C\C/C=C\C/C=C\CCCC(=O)NCCNC(=O)c1ccccc1NC(=O)c1cccnc1. The van der Waals surface area contributed by atoms with Crippen LogP contribution in [0.2, 0.25) is 0 Å². The van der Waals surface area contributed by atoms with E-state index in [0.29, 0.717) is 29.8 Å². The Morgan fingerprint density at radius 3 is 1.98 bits per heavy atom. The number of hydrogen-bond acceptors (Lipinski definition) is 4. The fourth-order valence-electron chi connectivity index (χ4n) is 3.79. The molecule has 1 aromatic carbocycles. The van der Waals surface area contributed by atoms with Crippen molar-refractivity contribution < 1.29 is 14.4 Å². The van der Waals surface area contributed by atoms with Crippen LogP contribution in [-0.4, -0.2) is 35.8 Å². The van der Waals surface area contributed by atoms with Crippen LogP contribution in [0.1, 0.15) is 79.0 Å². The Morgan fingerprint density at radius 1 is 0.714 bits per heavy atom. The first-order chi connectivity index (χ1) is 20.6. The number of rotatable bonds is 19. The predicted molar refractivity (Wildman–Crippen MR) is 172 cm³/mol. The van der Waals surface area contributed by atoms with E-state index in [0.717, 1.165) is 44.9 Å². The normalized spacial score (nSPS) is 11.7. The molecule has 0 unspecified atom stereocenters. The Balaban J connectivity index is 1.53. The second kappa shape index (κ2) is 22.2. The van der Waals surface area contributed by atoms with Crippen molar-refractivity contribution in [2.45, 2.75) is 58.3 Å². The highest BCUT2D eigenvalue weighted by Crippen LogP contribution is 2.16. The number of unbranched alkanes of at least 4 members (excludes halogenated alkanes) is 1. The van der Waals surface area contributed by atoms with Crippen molar-refractivity contribution in [2.75, 3.05) is 18.4 Å². The van der Waals surface area contributed by atoms with E-state index in [1.54, 1.807) is 42.6 Å². The molecule has 0 radical (unpaired) electrons. The van der Waals surface area contributed by atoms with Crippen LogP contribution in [0, 0.1) is 0 Å². The lowest BCUT2D eigenvalue weighted by Gasteiger charge is -2.12. The smallest absolute Gasteiger partial charge is 0.257 e. The maximum atomic E-state index is 12.7. The number of amides is 3. The van der Waals surface area contributed by atoms with E-state index in [4.69, 9.17) is 0 Å². The summed E-state index contributed by atoms with van der Waals surface area (Å²) in [6, 6.07) is 10.1. The molecule has 222 valence electrons. The van der Waals surface area contributed by atoms with Crippen LogP contribution in [0.3, 0.4) is 0 Å². The summed E-state index contributed by atoms with van der Waals surface area (Å²) in [4.78, 5) is 41.2. The molecule has 7 nitrogen and oxygen atoms in total. The van der Waals surface area contributed by atoms with Gasteiger partial charge in [0, 0.05) is 31.9 Å². The van der Waals surface area contributed by atoms with Crippen LogP contribution in [-0.2, 0) is 4.79 Å². The molecule has 0 aliphatic rings. The first-order valence-corrected chi connectivity index (χ1v) is 14.7. The van der Waals surface area contributed by atoms with E-state index in [2.05, 4.69) is 88.6 Å². The fourth-order valence-corrected chi connectivity index (χ4v) is 3.79. The Kier molecular flexibility index (Phi) is 17.8. The molecule has 2 rings (SSSR count). The topological polar surface area (TPSA) is 100 Å². The zero-order chi connectivity index (χ0) is 30.1. The second-order valence-electron chi connectivity index (χ2n) is 9.45. The summed E-state index contributed by atoms with van der Waals surface area (Å²) < 4.78 is 0. The summed E-state index contributed by atoms with van der Waals surface area (Å²) in [5.41, 5.74) is 1.15. The molecule has 3 amide bonds. The average Bonchev–Trinajstić information content (AvgIpc) is 3.01. The van der Waals surface area contributed by atoms with Crippen LogP contribution in [0.4, 0.5) is 5.69 Å². The van der Waals surface area contributed by atoms with Gasteiger partial charge >= 0.3 is 0 Å². The van der Waals surface area contributed by atoms with Gasteiger partial charge in [-0.1, -0.05) is 79.8 Å². The number of anilines is 1. The monoisotopic (exact) mass is 568 g/mol. The summed E-state index contributed by atoms with van der Waals surface area (Å²) in [5.74, 6) is -0.717. The van der Waals surface area contributed by atoms with Gasteiger partial charge in [0.05, 0.1) is 16.8 Å². The molecule has 3 N–H and O–H groups in total. The first kappa shape index (κ1) is 33.7. The van der Waals surface area contributed by atoms with Gasteiger partial charge in [-0.3, -0.25) is 19.4 Å². The minimum absolute atomic E-state index is 0.0410. The molecule has 0 saturated carbocycles. The van der Waals surface area contributed by atoms with Crippen LogP contribution in [0.5, 0.6) is 0 Å². The Morgan fingerprint density at radius 2 is 1.33 bits per heavy atom. The lowest BCUT2D eigenvalue weighted by atomic mass is 10.1. The molecule has 0 saturated heterocycles. The number of para-hydroxylation sites is 1. The molecule has 0 bridgehead atoms. The Bertz CT molecular complexity index is 1230. The molecule has 42 heavy (non-hydrogen) atoms. The summed E-state index contributed by atoms with van der Waals surface area (Å²) in [6.45, 7) is 2.75. The first-order valence-electron chi connectivity index (χ1n) is 14.7. The molecule has 2 aromatic rings. The van der Waals surface area contributed by atoms with Crippen molar-refractivity contribution in [2.24, 2.45) is 0 Å². The molecular formula is C35H44N4O3. The predicted octanol–water partition coefficient (Wildman–Crippen LogP) is 7.10. The van der Waals surface area contributed by atoms with E-state index in [1.807, 2.05) is 0 Å². The Labute approximate surface area is 250 Å². The van der Waals surface area contributed by atoms with Crippen molar-refractivity contribution >= 4 is 23.4 Å². The van der Waals surface area contributed by atoms with Gasteiger partial charge in [-0.2, -0.15) is 0 Å². The summed E-state index contributed by atoms with van der Waals surface area (Å²) in [6.07, 6.45) is 31.7. The lowest BCUT2D eigenvalue weighted by Crippen LogP contribution is -2.35. The third-order valence-corrected chi connectivity index (χ3v) is 6.01. The van der Waals surface area contributed by atoms with Gasteiger partial charge in [0.2, 0.25) is 5.91 Å². The Hall–Kier alpha value is -4.52. The minimum atomic E-state index is -0.347. The molecule has 1 heterocycles. The summed E-state index contributed by atoms with van der Waals surface area (Å²) in [7, 11) is 0. The van der Waals surface area contributed by atoms with Crippen LogP contribution in [0.15, 0.2) is 110 Å². The molecular weight excluding hydrogens is 524 g/mol. The third-order valence-electron chi connectivity index (χ3n) is 6.01. The number of allylic oxidation sites excluding steroid dienone is 10. The number of benzene rings is 1. The number of nitrogens with one attached hydrogen (secondary N) is 3. The van der Waals surface area contributed by atoms with Crippen molar-refractivity contribution in [1.29, 1.82) is 0 Å². The molecule has 7 heteroatoms. The highest BCUT2D eigenvalue weighted by atomic mass is 16.2. The number of nitrogens with zero attached hydrogens (tertiary/aromatic N) is 1. The van der Waals surface area contributed by atoms with Crippen molar-refractivity contribution in [3.8, 4) is 0 Å². The van der Waals surface area contributed by atoms with Gasteiger partial charge in [-0.05, 0) is 69.2 Å². The fraction of sp³-hybridized carbons (Fsp3) is 0.314. The van der Waals surface area contributed by atoms with Gasteiger partial charge in [-0.25, -0.2) is 0 Å². The third kappa shape index (κ3) is 15.3. The summed E-state index contributed by atoms with van der Waals surface area (Å²) >= 11 is 0. The van der Waals surface area contributed by atoms with Crippen LogP contribution >= 0.6 is 0 Å². The molecule has 0 spiro atoms. The molecule has 0 aliphatic heterocycles. The van der Waals surface area contributed by atoms with E-state index in [1.165, 1.54) is 6.20 Å². The number of carbonyl (C=O) groups excluding carboxylic acids is 3. The number of carbonyl (C=O) groups is 3. The van der Waals surface area contributed by atoms with Crippen molar-refractivity contribution in [3.05, 3.63) is 121 Å². The average molecular weight is 569 g/mol. The minimum Gasteiger partial charge on any atom is -0.354 e. The number of aromatic nitrogens is 1. The zero-order valence-electron chi connectivity index (χ0n) is 24.6. The van der Waals surface area contributed by atoms with E-state index in [9.17, 15) is 14.4 Å². The highest BCUT2D eigenvalue weighted by molar-refractivity contribution is 6.08. The maximum Gasteiger partial charge on any atom is 0.257 e. The quantitative estimate of drug-likeness (QED) is 0.124. The van der Waals surface area contributed by atoms with Gasteiger partial charge in [0.15, 0.2) is 0 Å². The van der Waals surface area contributed by atoms with Crippen LogP contribution in [0.25, 0.3) is 0 Å². The maximum absolute atomic E-state index is 12.7.